The van der Waals surface area contributed by atoms with Crippen molar-refractivity contribution < 1.29 is 9.59 Å². The second-order valence-corrected chi connectivity index (χ2v) is 5.90. The molecule has 0 spiro atoms. The van der Waals surface area contributed by atoms with Crippen molar-refractivity contribution in [1.82, 2.24) is 10.2 Å². The Morgan fingerprint density at radius 2 is 1.86 bits per heavy atom. The highest BCUT2D eigenvalue weighted by Crippen LogP contribution is 2.31. The van der Waals surface area contributed by atoms with Crippen LogP contribution in [0.4, 0.5) is 0 Å². The zero-order valence-electron chi connectivity index (χ0n) is 13.2. The fourth-order valence-corrected chi connectivity index (χ4v) is 3.03. The molecule has 4 heteroatoms. The number of amides is 2. The van der Waals surface area contributed by atoms with Crippen LogP contribution in [0, 0.1) is 5.92 Å². The molecule has 1 fully saturated rings. The highest BCUT2D eigenvalue weighted by Gasteiger charge is 2.49. The van der Waals surface area contributed by atoms with Gasteiger partial charge in [0.2, 0.25) is 5.91 Å². The van der Waals surface area contributed by atoms with Gasteiger partial charge in [0.25, 0.3) is 5.91 Å². The lowest BCUT2D eigenvalue weighted by Crippen LogP contribution is -2.68. The zero-order valence-corrected chi connectivity index (χ0v) is 13.2. The molecule has 1 aromatic carbocycles. The van der Waals surface area contributed by atoms with Crippen LogP contribution in [-0.4, -0.2) is 29.3 Å². The minimum atomic E-state index is -0.974. The van der Waals surface area contributed by atoms with E-state index in [1.807, 2.05) is 51.1 Å². The summed E-state index contributed by atoms with van der Waals surface area (Å²) in [6, 6.07) is 9.07. The summed E-state index contributed by atoms with van der Waals surface area (Å²) in [5, 5.41) is 2.96. The monoisotopic (exact) mass is 288 g/mol. The third-order valence-corrected chi connectivity index (χ3v) is 4.54. The topological polar surface area (TPSA) is 49.4 Å². The van der Waals surface area contributed by atoms with E-state index in [1.165, 1.54) is 0 Å². The van der Waals surface area contributed by atoms with Crippen LogP contribution in [0.2, 0.25) is 0 Å². The van der Waals surface area contributed by atoms with Crippen LogP contribution < -0.4 is 5.32 Å². The Balaban J connectivity index is 2.42. The molecule has 1 aliphatic rings. The summed E-state index contributed by atoms with van der Waals surface area (Å²) in [6.07, 6.45) is 0.865. The number of nitrogens with one attached hydrogen (secondary N) is 1. The molecule has 0 bridgehead atoms. The molecule has 4 nitrogen and oxygen atoms in total. The van der Waals surface area contributed by atoms with Gasteiger partial charge >= 0.3 is 0 Å². The fourth-order valence-electron chi connectivity index (χ4n) is 3.03. The summed E-state index contributed by atoms with van der Waals surface area (Å²) in [5.41, 5.74) is -0.150. The Morgan fingerprint density at radius 1 is 1.24 bits per heavy atom. The highest BCUT2D eigenvalue weighted by atomic mass is 16.2. The van der Waals surface area contributed by atoms with E-state index in [2.05, 4.69) is 5.32 Å². The Morgan fingerprint density at radius 3 is 2.38 bits per heavy atom. The molecule has 1 aromatic rings. The Hall–Kier alpha value is -1.84. The second-order valence-electron chi connectivity index (χ2n) is 5.90. The van der Waals surface area contributed by atoms with Crippen molar-refractivity contribution in [2.45, 2.75) is 45.7 Å². The number of carbonyl (C=O) groups excluding carboxylic acids is 2. The van der Waals surface area contributed by atoms with Gasteiger partial charge in [-0.2, -0.15) is 0 Å². The van der Waals surface area contributed by atoms with Gasteiger partial charge in [-0.15, -0.1) is 0 Å². The molecule has 1 aliphatic heterocycles. The minimum Gasteiger partial charge on any atom is -0.336 e. The van der Waals surface area contributed by atoms with E-state index in [9.17, 15) is 9.59 Å². The molecule has 2 rings (SSSR count). The van der Waals surface area contributed by atoms with Gasteiger partial charge in [0.1, 0.15) is 11.6 Å². The van der Waals surface area contributed by atoms with E-state index < -0.39 is 5.54 Å². The summed E-state index contributed by atoms with van der Waals surface area (Å²) in [5.74, 6) is 0.0625. The number of rotatable bonds is 4. The third kappa shape index (κ3) is 2.55. The molecule has 1 N–H and O–H groups in total. The van der Waals surface area contributed by atoms with E-state index >= 15 is 0 Å². The first-order valence-corrected chi connectivity index (χ1v) is 7.64. The zero-order chi connectivity index (χ0) is 15.6. The molecule has 0 radical (unpaired) electrons. The third-order valence-electron chi connectivity index (χ3n) is 4.54. The van der Waals surface area contributed by atoms with Crippen LogP contribution in [-0.2, 0) is 15.1 Å². The molecule has 3 atom stereocenters. The lowest BCUT2D eigenvalue weighted by molar-refractivity contribution is -0.156. The summed E-state index contributed by atoms with van der Waals surface area (Å²) in [6.45, 7) is 8.33. The average molecular weight is 288 g/mol. The van der Waals surface area contributed by atoms with Crippen molar-refractivity contribution in [2.75, 3.05) is 6.54 Å². The Bertz CT molecular complexity index is 529. The van der Waals surface area contributed by atoms with Gasteiger partial charge in [-0.25, -0.2) is 0 Å². The van der Waals surface area contributed by atoms with E-state index in [0.717, 1.165) is 12.0 Å². The highest BCUT2D eigenvalue weighted by molar-refractivity contribution is 6.00. The largest absolute Gasteiger partial charge is 0.336 e. The molecule has 21 heavy (non-hydrogen) atoms. The van der Waals surface area contributed by atoms with E-state index in [-0.39, 0.29) is 23.8 Å². The van der Waals surface area contributed by atoms with Crippen LogP contribution in [0.1, 0.15) is 39.7 Å². The molecule has 1 saturated heterocycles. The summed E-state index contributed by atoms with van der Waals surface area (Å²) in [7, 11) is 0. The molecule has 114 valence electrons. The number of hydrogen-bond donors (Lipinski definition) is 1. The van der Waals surface area contributed by atoms with Crippen LogP contribution in [0.15, 0.2) is 30.3 Å². The average Bonchev–Trinajstić information content (AvgIpc) is 2.50. The second kappa shape index (κ2) is 5.88. The number of hydrogen-bond acceptors (Lipinski definition) is 2. The smallest absolute Gasteiger partial charge is 0.253 e. The number of benzene rings is 1. The van der Waals surface area contributed by atoms with Crippen molar-refractivity contribution in [2.24, 2.45) is 5.92 Å². The molecule has 0 aromatic heterocycles. The Kier molecular flexibility index (Phi) is 4.35. The van der Waals surface area contributed by atoms with Gasteiger partial charge in [0, 0.05) is 6.54 Å². The maximum Gasteiger partial charge on any atom is 0.253 e. The van der Waals surface area contributed by atoms with E-state index in [1.54, 1.807) is 11.8 Å². The van der Waals surface area contributed by atoms with Gasteiger partial charge in [-0.1, -0.05) is 50.6 Å². The quantitative estimate of drug-likeness (QED) is 0.924. The normalized spacial score (nSPS) is 27.4. The van der Waals surface area contributed by atoms with Gasteiger partial charge in [0.15, 0.2) is 0 Å². The number of nitrogens with zero attached hydrogens (tertiary/aromatic N) is 1. The number of carbonyl (C=O) groups is 2. The van der Waals surface area contributed by atoms with Crippen LogP contribution in [0.3, 0.4) is 0 Å². The van der Waals surface area contributed by atoms with E-state index in [0.29, 0.717) is 6.54 Å². The summed E-state index contributed by atoms with van der Waals surface area (Å²) in [4.78, 5) is 27.3. The predicted molar refractivity (Wildman–Crippen MR) is 82.6 cm³/mol. The first-order valence-electron chi connectivity index (χ1n) is 7.64. The van der Waals surface area contributed by atoms with Crippen molar-refractivity contribution in [3.8, 4) is 0 Å². The first-order chi connectivity index (χ1) is 9.95. The van der Waals surface area contributed by atoms with Crippen molar-refractivity contribution >= 4 is 11.8 Å². The summed E-state index contributed by atoms with van der Waals surface area (Å²) >= 11 is 0. The molecule has 2 amide bonds. The number of piperazine rings is 1. The molecule has 1 heterocycles. The van der Waals surface area contributed by atoms with Crippen molar-refractivity contribution in [1.29, 1.82) is 0 Å². The van der Waals surface area contributed by atoms with Gasteiger partial charge in [-0.3, -0.25) is 9.59 Å². The van der Waals surface area contributed by atoms with Crippen molar-refractivity contribution in [3.63, 3.8) is 0 Å². The molecule has 0 saturated carbocycles. The van der Waals surface area contributed by atoms with Gasteiger partial charge in [0.05, 0.1) is 0 Å². The van der Waals surface area contributed by atoms with Gasteiger partial charge < -0.3 is 10.2 Å². The van der Waals surface area contributed by atoms with Crippen LogP contribution in [0.25, 0.3) is 0 Å². The van der Waals surface area contributed by atoms with E-state index in [4.69, 9.17) is 0 Å². The lowest BCUT2D eigenvalue weighted by Gasteiger charge is -2.46. The Labute approximate surface area is 126 Å². The van der Waals surface area contributed by atoms with Crippen molar-refractivity contribution in [3.05, 3.63) is 35.9 Å². The van der Waals surface area contributed by atoms with Crippen LogP contribution in [0.5, 0.6) is 0 Å². The first kappa shape index (κ1) is 15.5. The van der Waals surface area contributed by atoms with Crippen LogP contribution >= 0.6 is 0 Å². The molecule has 0 aliphatic carbocycles. The fraction of sp³-hybridized carbons (Fsp3) is 0.529. The lowest BCUT2D eigenvalue weighted by atomic mass is 9.84. The summed E-state index contributed by atoms with van der Waals surface area (Å²) < 4.78 is 0. The standard InChI is InChI=1S/C17H24N2O2/c1-5-12(3)14-15(20)18-17(4,16(21)19(14)6-2)13-10-8-7-9-11-13/h7-12,14H,5-6H2,1-4H3,(H,18,20). The van der Waals surface area contributed by atoms with Gasteiger partial charge in [-0.05, 0) is 25.3 Å². The maximum atomic E-state index is 13.0. The molecular weight excluding hydrogens is 264 g/mol. The minimum absolute atomic E-state index is 0.0268. The predicted octanol–water partition coefficient (Wildman–Crippen LogP) is 2.29. The SMILES string of the molecule is CCC(C)C1C(=O)NC(C)(c2ccccc2)C(=O)N1CC. The maximum absolute atomic E-state index is 13.0. The molecular formula is C17H24N2O2. The molecule has 3 unspecified atom stereocenters. The number of likely N-dealkylation sites (N-methyl/N-ethyl adjacent to an activating group) is 1.